The second-order valence-electron chi connectivity index (χ2n) is 3.51. The molecule has 6 nitrogen and oxygen atoms in total. The van der Waals surface area contributed by atoms with E-state index in [0.717, 1.165) is 12.1 Å². The first-order chi connectivity index (χ1) is 8.36. The first kappa shape index (κ1) is 14.4. The zero-order valence-corrected chi connectivity index (χ0v) is 10.6. The van der Waals surface area contributed by atoms with E-state index in [4.69, 9.17) is 5.73 Å². The van der Waals surface area contributed by atoms with Crippen LogP contribution in [0.1, 0.15) is 6.42 Å². The van der Waals surface area contributed by atoms with Gasteiger partial charge in [-0.25, -0.2) is 17.5 Å². The summed E-state index contributed by atoms with van der Waals surface area (Å²) in [6.07, 6.45) is -0.0281. The summed E-state index contributed by atoms with van der Waals surface area (Å²) in [5.74, 6) is -1.21. The molecule has 0 bridgehead atoms. The predicted molar refractivity (Wildman–Crippen MR) is 64.7 cm³/mol. The molecule has 100 valence electrons. The van der Waals surface area contributed by atoms with E-state index in [1.165, 1.54) is 13.1 Å². The molecule has 1 rings (SSSR count). The van der Waals surface area contributed by atoms with Gasteiger partial charge in [-0.15, -0.1) is 0 Å². The molecule has 0 aliphatic rings. The third-order valence-corrected chi connectivity index (χ3v) is 3.64. The lowest BCUT2D eigenvalue weighted by molar-refractivity contribution is -0.120. The number of rotatable bonds is 5. The Kier molecular flexibility index (Phi) is 4.62. The second kappa shape index (κ2) is 5.78. The van der Waals surface area contributed by atoms with Crippen LogP contribution in [0.15, 0.2) is 23.1 Å². The van der Waals surface area contributed by atoms with Crippen molar-refractivity contribution < 1.29 is 17.6 Å². The molecule has 0 aromatic heterocycles. The monoisotopic (exact) mass is 275 g/mol. The Morgan fingerprint density at radius 2 is 2.11 bits per heavy atom. The van der Waals surface area contributed by atoms with Crippen LogP contribution in [-0.2, 0) is 14.8 Å². The topological polar surface area (TPSA) is 101 Å². The summed E-state index contributed by atoms with van der Waals surface area (Å²) in [6.45, 7) is -0.115. The Morgan fingerprint density at radius 3 is 2.72 bits per heavy atom. The minimum atomic E-state index is -4.00. The molecule has 0 fully saturated rings. The molecule has 0 heterocycles. The van der Waals surface area contributed by atoms with Crippen LogP contribution in [0, 0.1) is 5.82 Å². The predicted octanol–water partition coefficient (Wildman–Crippen LogP) is -0.178. The molecule has 0 unspecified atom stereocenters. The highest BCUT2D eigenvalue weighted by molar-refractivity contribution is 7.89. The van der Waals surface area contributed by atoms with Crippen molar-refractivity contribution in [2.45, 2.75) is 11.3 Å². The SMILES string of the molecule is CNC(=O)CCNS(=O)(=O)c1cc(N)ccc1F. The number of hydrogen-bond acceptors (Lipinski definition) is 4. The van der Waals surface area contributed by atoms with Gasteiger partial charge in [0, 0.05) is 25.7 Å². The molecule has 0 atom stereocenters. The van der Waals surface area contributed by atoms with E-state index < -0.39 is 20.7 Å². The number of anilines is 1. The molecule has 0 aliphatic heterocycles. The van der Waals surface area contributed by atoms with Gasteiger partial charge < -0.3 is 11.1 Å². The standard InChI is InChI=1S/C10H14FN3O3S/c1-13-10(15)4-5-14-18(16,17)9-6-7(12)2-3-8(9)11/h2-3,6,14H,4-5,12H2,1H3,(H,13,15). The first-order valence-electron chi connectivity index (χ1n) is 5.12. The fourth-order valence-electron chi connectivity index (χ4n) is 1.23. The minimum Gasteiger partial charge on any atom is -0.399 e. The number of sulfonamides is 1. The maximum Gasteiger partial charge on any atom is 0.243 e. The van der Waals surface area contributed by atoms with E-state index >= 15 is 0 Å². The average molecular weight is 275 g/mol. The van der Waals surface area contributed by atoms with E-state index in [9.17, 15) is 17.6 Å². The van der Waals surface area contributed by atoms with E-state index in [-0.39, 0.29) is 24.6 Å². The zero-order valence-electron chi connectivity index (χ0n) is 9.73. The molecular weight excluding hydrogens is 261 g/mol. The highest BCUT2D eigenvalue weighted by Crippen LogP contribution is 2.17. The van der Waals surface area contributed by atoms with Gasteiger partial charge in [0.15, 0.2) is 0 Å². The maximum absolute atomic E-state index is 13.4. The van der Waals surface area contributed by atoms with Gasteiger partial charge in [0.05, 0.1) is 0 Å². The number of nitrogens with one attached hydrogen (secondary N) is 2. The van der Waals surface area contributed by atoms with Gasteiger partial charge in [-0.2, -0.15) is 0 Å². The van der Waals surface area contributed by atoms with Crippen molar-refractivity contribution in [2.75, 3.05) is 19.3 Å². The number of halogens is 1. The summed E-state index contributed by atoms with van der Waals surface area (Å²) in [4.78, 5) is 10.4. The molecule has 0 aliphatic carbocycles. The molecule has 0 saturated heterocycles. The third-order valence-electron chi connectivity index (χ3n) is 2.17. The molecular formula is C10H14FN3O3S. The molecule has 0 radical (unpaired) electrons. The van der Waals surface area contributed by atoms with E-state index in [2.05, 4.69) is 10.0 Å². The first-order valence-corrected chi connectivity index (χ1v) is 6.60. The number of nitrogen functional groups attached to an aromatic ring is 1. The van der Waals surface area contributed by atoms with Crippen LogP contribution in [0.5, 0.6) is 0 Å². The van der Waals surface area contributed by atoms with E-state index in [1.54, 1.807) is 0 Å². The Labute approximate surface area is 104 Å². The smallest absolute Gasteiger partial charge is 0.243 e. The fraction of sp³-hybridized carbons (Fsp3) is 0.300. The molecule has 1 aromatic carbocycles. The fourth-order valence-corrected chi connectivity index (χ4v) is 2.37. The van der Waals surface area contributed by atoms with Crippen LogP contribution in [0.25, 0.3) is 0 Å². The molecule has 0 spiro atoms. The lowest BCUT2D eigenvalue weighted by Gasteiger charge is -2.07. The summed E-state index contributed by atoms with van der Waals surface area (Å²) in [5, 5.41) is 2.34. The molecule has 8 heteroatoms. The lowest BCUT2D eigenvalue weighted by Crippen LogP contribution is -2.29. The number of nitrogens with two attached hydrogens (primary N) is 1. The van der Waals surface area contributed by atoms with Crippen molar-refractivity contribution in [3.8, 4) is 0 Å². The molecule has 4 N–H and O–H groups in total. The summed E-state index contributed by atoms with van der Waals surface area (Å²) < 4.78 is 39.0. The Bertz CT molecular complexity index is 545. The van der Waals surface area contributed by atoms with Crippen molar-refractivity contribution in [3.63, 3.8) is 0 Å². The molecule has 18 heavy (non-hydrogen) atoms. The highest BCUT2D eigenvalue weighted by Gasteiger charge is 2.19. The Morgan fingerprint density at radius 1 is 1.44 bits per heavy atom. The van der Waals surface area contributed by atoms with Crippen LogP contribution in [0.2, 0.25) is 0 Å². The van der Waals surface area contributed by atoms with Crippen LogP contribution in [-0.4, -0.2) is 27.9 Å². The van der Waals surface area contributed by atoms with Gasteiger partial charge in [0.25, 0.3) is 0 Å². The van der Waals surface area contributed by atoms with Gasteiger partial charge in [-0.3, -0.25) is 4.79 Å². The largest absolute Gasteiger partial charge is 0.399 e. The van der Waals surface area contributed by atoms with Gasteiger partial charge >= 0.3 is 0 Å². The van der Waals surface area contributed by atoms with Crippen molar-refractivity contribution in [1.82, 2.24) is 10.0 Å². The quantitative estimate of drug-likeness (QED) is 0.649. The normalized spacial score (nSPS) is 11.2. The van der Waals surface area contributed by atoms with Crippen molar-refractivity contribution >= 4 is 21.6 Å². The summed E-state index contributed by atoms with van der Waals surface area (Å²) in [5.41, 5.74) is 5.54. The number of carbonyl (C=O) groups is 1. The Balaban J connectivity index is 2.80. The van der Waals surface area contributed by atoms with Crippen LogP contribution in [0.3, 0.4) is 0 Å². The van der Waals surface area contributed by atoms with Gasteiger partial charge in [0.2, 0.25) is 15.9 Å². The van der Waals surface area contributed by atoms with Crippen molar-refractivity contribution in [3.05, 3.63) is 24.0 Å². The summed E-state index contributed by atoms with van der Waals surface area (Å²) in [7, 11) is -2.56. The summed E-state index contributed by atoms with van der Waals surface area (Å²) >= 11 is 0. The van der Waals surface area contributed by atoms with E-state index in [1.807, 2.05) is 0 Å². The molecule has 1 amide bonds. The Hall–Kier alpha value is -1.67. The molecule has 1 aromatic rings. The van der Waals surface area contributed by atoms with Gasteiger partial charge in [-0.05, 0) is 18.2 Å². The van der Waals surface area contributed by atoms with Gasteiger partial charge in [0.1, 0.15) is 10.7 Å². The lowest BCUT2D eigenvalue weighted by atomic mass is 10.3. The second-order valence-corrected chi connectivity index (χ2v) is 5.25. The van der Waals surface area contributed by atoms with Crippen LogP contribution >= 0.6 is 0 Å². The van der Waals surface area contributed by atoms with Crippen LogP contribution < -0.4 is 15.8 Å². The number of benzene rings is 1. The summed E-state index contributed by atoms with van der Waals surface area (Å²) in [6, 6.07) is 3.26. The average Bonchev–Trinajstić information content (AvgIpc) is 2.31. The highest BCUT2D eigenvalue weighted by atomic mass is 32.2. The van der Waals surface area contributed by atoms with E-state index in [0.29, 0.717) is 0 Å². The molecule has 0 saturated carbocycles. The third kappa shape index (κ3) is 3.67. The van der Waals surface area contributed by atoms with Crippen LogP contribution in [0.4, 0.5) is 10.1 Å². The number of amides is 1. The zero-order chi connectivity index (χ0) is 13.8. The van der Waals surface area contributed by atoms with Crippen molar-refractivity contribution in [1.29, 1.82) is 0 Å². The van der Waals surface area contributed by atoms with Crippen molar-refractivity contribution in [2.24, 2.45) is 0 Å². The van der Waals surface area contributed by atoms with Gasteiger partial charge in [-0.1, -0.05) is 0 Å². The number of hydrogen-bond donors (Lipinski definition) is 3. The maximum atomic E-state index is 13.4. The minimum absolute atomic E-state index is 0.0281. The number of carbonyl (C=O) groups excluding carboxylic acids is 1.